The van der Waals surface area contributed by atoms with E-state index in [0.29, 0.717) is 42.0 Å². The Morgan fingerprint density at radius 3 is 2.56 bits per heavy atom. The van der Waals surface area contributed by atoms with Gasteiger partial charge in [-0.2, -0.15) is 0 Å². The molecule has 2 aromatic carbocycles. The molecular weight excluding hydrogens is 651 g/mol. The molecule has 0 saturated carbocycles. The molecule has 15 heteroatoms. The van der Waals surface area contributed by atoms with Crippen LogP contribution in [0.3, 0.4) is 0 Å². The van der Waals surface area contributed by atoms with E-state index < -0.39 is 29.7 Å². The lowest BCUT2D eigenvalue weighted by molar-refractivity contribution is -0.274. The first-order chi connectivity index (χ1) is 22.6. The molecule has 0 bridgehead atoms. The molecule has 0 atom stereocenters. The molecule has 252 valence electrons. The predicted octanol–water partition coefficient (Wildman–Crippen LogP) is 6.72. The highest BCUT2D eigenvalue weighted by molar-refractivity contribution is 6.32. The van der Waals surface area contributed by atoms with E-state index in [9.17, 15) is 22.8 Å². The number of imidazole rings is 1. The summed E-state index contributed by atoms with van der Waals surface area (Å²) >= 11 is 6.03. The number of aromatic nitrogens is 4. The third kappa shape index (κ3) is 8.82. The second-order valence-electron chi connectivity index (χ2n) is 12.0. The number of primary amides is 1. The minimum Gasteiger partial charge on any atom is -0.444 e. The van der Waals surface area contributed by atoms with Gasteiger partial charge in [-0.15, -0.1) is 13.2 Å². The second kappa shape index (κ2) is 13.9. The number of rotatable bonds is 11. The maximum Gasteiger partial charge on any atom is 0.573 e. The lowest BCUT2D eigenvalue weighted by Crippen LogP contribution is -2.37. The fraction of sp³-hybridized carbons (Fsp3) is 0.303. The molecule has 3 heterocycles. The van der Waals surface area contributed by atoms with E-state index >= 15 is 0 Å². The number of anilines is 1. The molecule has 3 aromatic heterocycles. The predicted molar refractivity (Wildman–Crippen MR) is 175 cm³/mol. The number of nitrogens with one attached hydrogen (secondary N) is 1. The van der Waals surface area contributed by atoms with Crippen molar-refractivity contribution < 1.29 is 32.2 Å². The third-order valence-corrected chi connectivity index (χ3v) is 7.41. The number of hydrogen-bond acceptors (Lipinski definition) is 8. The van der Waals surface area contributed by atoms with Crippen LogP contribution in [0.25, 0.3) is 21.7 Å². The Morgan fingerprint density at radius 1 is 1.06 bits per heavy atom. The van der Waals surface area contributed by atoms with Crippen molar-refractivity contribution in [3.63, 3.8) is 0 Å². The van der Waals surface area contributed by atoms with E-state index in [-0.39, 0.29) is 18.1 Å². The minimum atomic E-state index is -4.88. The van der Waals surface area contributed by atoms with Crippen molar-refractivity contribution in [2.45, 2.75) is 52.2 Å². The highest BCUT2D eigenvalue weighted by atomic mass is 35.5. The number of halogens is 4. The number of carbonyl (C=O) groups is 2. The van der Waals surface area contributed by atoms with Crippen LogP contribution < -0.4 is 15.8 Å². The summed E-state index contributed by atoms with van der Waals surface area (Å²) < 4.78 is 49.4. The molecule has 3 N–H and O–H groups in total. The van der Waals surface area contributed by atoms with E-state index in [4.69, 9.17) is 27.1 Å². The van der Waals surface area contributed by atoms with Crippen molar-refractivity contribution in [3.05, 3.63) is 89.2 Å². The number of ether oxygens (including phenoxy) is 2. The molecule has 0 spiro atoms. The average Bonchev–Trinajstić information content (AvgIpc) is 3.46. The van der Waals surface area contributed by atoms with Crippen LogP contribution in [0, 0.1) is 0 Å². The number of hydrogen-bond donors (Lipinski definition) is 2. The number of nitrogens with zero attached hydrogens (tertiary/aromatic N) is 5. The van der Waals surface area contributed by atoms with E-state index in [1.54, 1.807) is 51.6 Å². The van der Waals surface area contributed by atoms with Crippen molar-refractivity contribution in [3.8, 4) is 5.75 Å². The van der Waals surface area contributed by atoms with Crippen molar-refractivity contribution in [1.82, 2.24) is 24.4 Å². The first-order valence-corrected chi connectivity index (χ1v) is 15.3. The van der Waals surface area contributed by atoms with Gasteiger partial charge in [0, 0.05) is 72.9 Å². The maximum absolute atomic E-state index is 13.1. The minimum absolute atomic E-state index is 0.0364. The quantitative estimate of drug-likeness (QED) is 0.146. The number of alkyl halides is 3. The van der Waals surface area contributed by atoms with Gasteiger partial charge in [0.1, 0.15) is 17.2 Å². The highest BCUT2D eigenvalue weighted by Gasteiger charge is 2.32. The van der Waals surface area contributed by atoms with Gasteiger partial charge in [0.2, 0.25) is 5.91 Å². The van der Waals surface area contributed by atoms with E-state index in [0.717, 1.165) is 27.9 Å². The summed E-state index contributed by atoms with van der Waals surface area (Å²) in [7, 11) is 0. The van der Waals surface area contributed by atoms with Crippen molar-refractivity contribution in [2.24, 2.45) is 5.73 Å². The van der Waals surface area contributed by atoms with Crippen LogP contribution in [-0.2, 0) is 24.2 Å². The Morgan fingerprint density at radius 2 is 1.85 bits per heavy atom. The zero-order valence-corrected chi connectivity index (χ0v) is 27.1. The molecule has 5 aromatic rings. The molecular formula is C33H33ClF3N7O4. The fourth-order valence-electron chi connectivity index (χ4n) is 4.98. The Kier molecular flexibility index (Phi) is 9.94. The number of fused-ring (bicyclic) bond motifs is 3. The molecule has 0 aliphatic carbocycles. The highest BCUT2D eigenvalue weighted by Crippen LogP contribution is 2.32. The van der Waals surface area contributed by atoms with Crippen LogP contribution in [0.4, 0.5) is 23.8 Å². The van der Waals surface area contributed by atoms with Crippen LogP contribution >= 0.6 is 11.6 Å². The molecule has 0 unspecified atom stereocenters. The van der Waals surface area contributed by atoms with Crippen LogP contribution in [-0.4, -0.2) is 61.5 Å². The number of nitrogens with two attached hydrogens (primary N) is 1. The first kappa shape index (κ1) is 34.2. The van der Waals surface area contributed by atoms with Gasteiger partial charge in [0.25, 0.3) is 0 Å². The molecule has 0 saturated heterocycles. The van der Waals surface area contributed by atoms with Gasteiger partial charge in [0.15, 0.2) is 0 Å². The smallest absolute Gasteiger partial charge is 0.444 e. The summed E-state index contributed by atoms with van der Waals surface area (Å²) in [6.07, 6.45) is 1.90. The summed E-state index contributed by atoms with van der Waals surface area (Å²) in [5.74, 6) is -0.439. The number of benzene rings is 2. The topological polar surface area (TPSA) is 137 Å². The van der Waals surface area contributed by atoms with Crippen LogP contribution in [0.5, 0.6) is 5.75 Å². The van der Waals surface area contributed by atoms with Crippen LogP contribution in [0.15, 0.2) is 67.4 Å². The normalized spacial score (nSPS) is 11.9. The van der Waals surface area contributed by atoms with Gasteiger partial charge in [-0.25, -0.2) is 14.8 Å². The number of carbonyl (C=O) groups excluding carboxylic acids is 2. The molecule has 0 aliphatic heterocycles. The molecule has 48 heavy (non-hydrogen) atoms. The first-order valence-electron chi connectivity index (χ1n) is 14.9. The van der Waals surface area contributed by atoms with E-state index in [1.807, 2.05) is 22.9 Å². The van der Waals surface area contributed by atoms with Gasteiger partial charge >= 0.3 is 12.5 Å². The molecule has 5 rings (SSSR count). The Bertz CT molecular complexity index is 1960. The summed E-state index contributed by atoms with van der Waals surface area (Å²) in [5, 5.41) is 5.74. The van der Waals surface area contributed by atoms with Gasteiger partial charge in [-0.05, 0) is 56.7 Å². The number of pyridine rings is 2. The zero-order valence-electron chi connectivity index (χ0n) is 26.3. The third-order valence-electron chi connectivity index (χ3n) is 7.12. The maximum atomic E-state index is 13.1. The molecule has 0 radical (unpaired) electrons. The fourth-order valence-corrected chi connectivity index (χ4v) is 5.22. The summed E-state index contributed by atoms with van der Waals surface area (Å²) in [6.45, 7) is 6.52. The van der Waals surface area contributed by atoms with Gasteiger partial charge < -0.3 is 30.0 Å². The average molecular weight is 684 g/mol. The molecule has 0 aliphatic rings. The van der Waals surface area contributed by atoms with Crippen LogP contribution in [0.1, 0.15) is 42.4 Å². The van der Waals surface area contributed by atoms with Crippen molar-refractivity contribution in [1.29, 1.82) is 0 Å². The van der Waals surface area contributed by atoms with Gasteiger partial charge in [-0.3, -0.25) is 9.78 Å². The summed E-state index contributed by atoms with van der Waals surface area (Å²) in [6, 6.07) is 10.8. The SMILES string of the molecule is CC(C)(C)OC(=O)N(CCc1cn(CCNc2nc3cc(C(N)=O)ccc3c3cnccc23)cn1)Cc1ccc(OC(F)(F)F)c(Cl)c1. The van der Waals surface area contributed by atoms with Gasteiger partial charge in [0.05, 0.1) is 22.6 Å². The lowest BCUT2D eigenvalue weighted by atomic mass is 10.1. The summed E-state index contributed by atoms with van der Waals surface area (Å²) in [4.78, 5) is 39.7. The zero-order chi connectivity index (χ0) is 34.6. The van der Waals surface area contributed by atoms with E-state index in [2.05, 4.69) is 20.0 Å². The molecule has 0 fully saturated rings. The Hall–Kier alpha value is -5.11. The van der Waals surface area contributed by atoms with E-state index in [1.165, 1.54) is 17.0 Å². The van der Waals surface area contributed by atoms with Crippen molar-refractivity contribution >= 4 is 51.1 Å². The monoisotopic (exact) mass is 683 g/mol. The van der Waals surface area contributed by atoms with Crippen molar-refractivity contribution in [2.75, 3.05) is 18.4 Å². The standard InChI is InChI=1S/C33H33ClF3N7O4/c1-32(2,3)48-31(46)44(17-20-4-7-28(26(34)14-20)47-33(35,36)37)12-9-22-18-43(19-41-22)13-11-40-30-24-8-10-39-16-25(24)23-6-5-21(29(38)45)15-27(23)42-30/h4-8,10,14-16,18-19H,9,11-13,17H2,1-3H3,(H2,38,45)(H,40,42). The van der Waals surface area contributed by atoms with Gasteiger partial charge in [-0.1, -0.05) is 23.7 Å². The Labute approximate surface area is 278 Å². The number of amides is 2. The molecule has 11 nitrogen and oxygen atoms in total. The summed E-state index contributed by atoms with van der Waals surface area (Å²) in [5.41, 5.74) is 6.89. The molecule has 2 amide bonds. The van der Waals surface area contributed by atoms with Crippen LogP contribution in [0.2, 0.25) is 5.02 Å². The largest absolute Gasteiger partial charge is 0.573 e. The Balaban J connectivity index is 1.24. The lowest BCUT2D eigenvalue weighted by Gasteiger charge is -2.27. The second-order valence-corrected chi connectivity index (χ2v) is 12.4.